The van der Waals surface area contributed by atoms with Gasteiger partial charge in [0.05, 0.1) is 28.4 Å². The van der Waals surface area contributed by atoms with E-state index in [1.165, 1.54) is 43.8 Å². The molecule has 0 N–H and O–H groups in total. The molecule has 10 rings (SSSR count). The second-order valence-corrected chi connectivity index (χ2v) is 13.5. The SMILES string of the molecule is N#Cc1ccc(-c2nc(-n3c4ccc(-c5ccccc5)cc4c4cc5ccccc5cc43)cc3ccc(-c4ccc(-c5ccccc5)cc4)cc23)cc1. The largest absolute Gasteiger partial charge is 0.294 e. The van der Waals surface area contributed by atoms with Gasteiger partial charge in [0.2, 0.25) is 0 Å². The van der Waals surface area contributed by atoms with E-state index >= 15 is 0 Å². The third kappa shape index (κ3) is 5.33. The van der Waals surface area contributed by atoms with Crippen molar-refractivity contribution in [3.63, 3.8) is 0 Å². The van der Waals surface area contributed by atoms with Gasteiger partial charge < -0.3 is 0 Å². The Kier molecular flexibility index (Phi) is 7.20. The Labute approximate surface area is 307 Å². The molecule has 53 heavy (non-hydrogen) atoms. The quantitative estimate of drug-likeness (QED) is 0.182. The Balaban J connectivity index is 1.20. The van der Waals surface area contributed by atoms with Crippen LogP contribution in [0.2, 0.25) is 0 Å². The molecular formula is C50H31N3. The van der Waals surface area contributed by atoms with Crippen LogP contribution in [0.3, 0.4) is 0 Å². The molecule has 0 aliphatic rings. The second kappa shape index (κ2) is 12.5. The van der Waals surface area contributed by atoms with Gasteiger partial charge in [-0.3, -0.25) is 4.57 Å². The van der Waals surface area contributed by atoms with Crippen LogP contribution in [0.5, 0.6) is 0 Å². The highest BCUT2D eigenvalue weighted by molar-refractivity contribution is 6.14. The molecule has 0 atom stereocenters. The molecule has 0 amide bonds. The predicted molar refractivity (Wildman–Crippen MR) is 220 cm³/mol. The summed E-state index contributed by atoms with van der Waals surface area (Å²) >= 11 is 0. The molecule has 10 aromatic rings. The monoisotopic (exact) mass is 673 g/mol. The van der Waals surface area contributed by atoms with Crippen molar-refractivity contribution in [3.05, 3.63) is 194 Å². The van der Waals surface area contributed by atoms with Crippen LogP contribution in [0.15, 0.2) is 188 Å². The van der Waals surface area contributed by atoms with Gasteiger partial charge in [-0.25, -0.2) is 4.98 Å². The maximum Gasteiger partial charge on any atom is 0.138 e. The van der Waals surface area contributed by atoms with E-state index in [4.69, 9.17) is 4.98 Å². The summed E-state index contributed by atoms with van der Waals surface area (Å²) < 4.78 is 2.31. The molecule has 8 aromatic carbocycles. The average molecular weight is 674 g/mol. The summed E-state index contributed by atoms with van der Waals surface area (Å²) in [5, 5.41) is 16.5. The van der Waals surface area contributed by atoms with E-state index in [-0.39, 0.29) is 0 Å². The predicted octanol–water partition coefficient (Wildman–Crippen LogP) is 13.0. The Morgan fingerprint density at radius 1 is 0.377 bits per heavy atom. The summed E-state index contributed by atoms with van der Waals surface area (Å²) in [4.78, 5) is 5.50. The van der Waals surface area contributed by atoms with Crippen LogP contribution in [-0.4, -0.2) is 9.55 Å². The summed E-state index contributed by atoms with van der Waals surface area (Å²) in [6.07, 6.45) is 0. The molecule has 0 aliphatic carbocycles. The number of benzene rings is 8. The first-order valence-corrected chi connectivity index (χ1v) is 17.8. The van der Waals surface area contributed by atoms with Crippen LogP contribution in [0.1, 0.15) is 5.56 Å². The van der Waals surface area contributed by atoms with E-state index in [0.29, 0.717) is 5.56 Å². The van der Waals surface area contributed by atoms with Crippen molar-refractivity contribution in [1.29, 1.82) is 5.26 Å². The minimum absolute atomic E-state index is 0.622. The minimum Gasteiger partial charge on any atom is -0.294 e. The molecule has 246 valence electrons. The summed E-state index contributed by atoms with van der Waals surface area (Å²) in [7, 11) is 0. The minimum atomic E-state index is 0.622. The van der Waals surface area contributed by atoms with Crippen molar-refractivity contribution in [2.75, 3.05) is 0 Å². The number of rotatable bonds is 5. The van der Waals surface area contributed by atoms with Crippen LogP contribution < -0.4 is 0 Å². The fourth-order valence-corrected chi connectivity index (χ4v) is 7.70. The first kappa shape index (κ1) is 30.5. The summed E-state index contributed by atoms with van der Waals surface area (Å²) in [5.74, 6) is 0.847. The Bertz CT molecular complexity index is 3020. The van der Waals surface area contributed by atoms with Gasteiger partial charge in [0.1, 0.15) is 5.82 Å². The van der Waals surface area contributed by atoms with Gasteiger partial charge in [0.15, 0.2) is 0 Å². The van der Waals surface area contributed by atoms with Gasteiger partial charge in [-0.05, 0) is 98.1 Å². The van der Waals surface area contributed by atoms with Crippen LogP contribution >= 0.6 is 0 Å². The van der Waals surface area contributed by atoms with Crippen molar-refractivity contribution in [2.24, 2.45) is 0 Å². The highest BCUT2D eigenvalue weighted by Crippen LogP contribution is 2.39. The van der Waals surface area contributed by atoms with E-state index in [2.05, 4.69) is 168 Å². The number of nitriles is 1. The molecule has 0 saturated heterocycles. The zero-order chi connectivity index (χ0) is 35.3. The summed E-state index contributed by atoms with van der Waals surface area (Å²) in [5.41, 5.74) is 11.7. The van der Waals surface area contributed by atoms with Crippen LogP contribution in [-0.2, 0) is 0 Å². The lowest BCUT2D eigenvalue weighted by Gasteiger charge is -2.14. The maximum atomic E-state index is 9.59. The Hall–Kier alpha value is -7.28. The molecule has 0 fully saturated rings. The standard InChI is InChI=1S/C50H31N3/c51-32-33-15-17-38(18-16-33)50-44-27-41(37-21-19-36(20-22-37)34-9-3-1-4-10-34)23-24-43(44)31-49(52-50)53-47-26-25-42(35-11-5-2-6-12-35)29-45(47)46-28-39-13-7-8-14-40(39)30-48(46)53/h1-31H. The molecule has 0 bridgehead atoms. The number of nitrogens with zero attached hydrogens (tertiary/aromatic N) is 3. The van der Waals surface area contributed by atoms with Crippen LogP contribution in [0, 0.1) is 11.3 Å². The van der Waals surface area contributed by atoms with E-state index in [1.54, 1.807) is 0 Å². The smallest absolute Gasteiger partial charge is 0.138 e. The number of hydrogen-bond acceptors (Lipinski definition) is 2. The molecule has 0 aliphatic heterocycles. The molecule has 3 heteroatoms. The summed E-state index contributed by atoms with van der Waals surface area (Å²) in [6, 6.07) is 68.6. The normalized spacial score (nSPS) is 11.4. The van der Waals surface area contributed by atoms with Crippen molar-refractivity contribution < 1.29 is 0 Å². The molecule has 0 radical (unpaired) electrons. The number of hydrogen-bond donors (Lipinski definition) is 0. The van der Waals surface area contributed by atoms with Crippen molar-refractivity contribution in [1.82, 2.24) is 9.55 Å². The third-order valence-electron chi connectivity index (χ3n) is 10.4. The topological polar surface area (TPSA) is 41.6 Å². The molecule has 0 unspecified atom stereocenters. The number of fused-ring (bicyclic) bond motifs is 5. The van der Waals surface area contributed by atoms with Gasteiger partial charge in [-0.1, -0.05) is 140 Å². The van der Waals surface area contributed by atoms with Crippen molar-refractivity contribution in [3.8, 4) is 56.5 Å². The maximum absolute atomic E-state index is 9.59. The lowest BCUT2D eigenvalue weighted by atomic mass is 9.96. The Morgan fingerprint density at radius 2 is 0.887 bits per heavy atom. The van der Waals surface area contributed by atoms with Gasteiger partial charge in [0, 0.05) is 21.7 Å². The zero-order valence-corrected chi connectivity index (χ0v) is 28.7. The molecule has 2 heterocycles. The molecule has 2 aromatic heterocycles. The average Bonchev–Trinajstić information content (AvgIpc) is 3.55. The first-order chi connectivity index (χ1) is 26.2. The highest BCUT2D eigenvalue weighted by Gasteiger charge is 2.18. The Morgan fingerprint density at radius 3 is 1.57 bits per heavy atom. The number of aromatic nitrogens is 2. The zero-order valence-electron chi connectivity index (χ0n) is 28.7. The fraction of sp³-hybridized carbons (Fsp3) is 0. The highest BCUT2D eigenvalue weighted by atomic mass is 15.1. The van der Waals surface area contributed by atoms with Gasteiger partial charge in [-0.2, -0.15) is 5.26 Å². The lowest BCUT2D eigenvalue weighted by molar-refractivity contribution is 1.09. The van der Waals surface area contributed by atoms with E-state index in [9.17, 15) is 5.26 Å². The molecular weight excluding hydrogens is 643 g/mol. The van der Waals surface area contributed by atoms with Crippen LogP contribution in [0.25, 0.3) is 93.8 Å². The molecule has 0 saturated carbocycles. The lowest BCUT2D eigenvalue weighted by Crippen LogP contribution is -2.00. The van der Waals surface area contributed by atoms with Crippen molar-refractivity contribution in [2.45, 2.75) is 0 Å². The van der Waals surface area contributed by atoms with Gasteiger partial charge >= 0.3 is 0 Å². The first-order valence-electron chi connectivity index (χ1n) is 17.8. The van der Waals surface area contributed by atoms with Gasteiger partial charge in [-0.15, -0.1) is 0 Å². The third-order valence-corrected chi connectivity index (χ3v) is 10.4. The van der Waals surface area contributed by atoms with Crippen LogP contribution in [0.4, 0.5) is 0 Å². The van der Waals surface area contributed by atoms with E-state index < -0.39 is 0 Å². The fourth-order valence-electron chi connectivity index (χ4n) is 7.70. The molecule has 0 spiro atoms. The second-order valence-electron chi connectivity index (χ2n) is 13.5. The van der Waals surface area contributed by atoms with E-state index in [0.717, 1.165) is 50.0 Å². The van der Waals surface area contributed by atoms with Crippen molar-refractivity contribution >= 4 is 43.4 Å². The number of pyridine rings is 1. The molecule has 3 nitrogen and oxygen atoms in total. The summed E-state index contributed by atoms with van der Waals surface area (Å²) in [6.45, 7) is 0. The van der Waals surface area contributed by atoms with Gasteiger partial charge in [0.25, 0.3) is 0 Å². The van der Waals surface area contributed by atoms with E-state index in [1.807, 2.05) is 30.3 Å².